The van der Waals surface area contributed by atoms with Crippen molar-refractivity contribution >= 4 is 11.0 Å². The van der Waals surface area contributed by atoms with Gasteiger partial charge >= 0.3 is 11.9 Å². The molecule has 0 aliphatic carbocycles. The number of benzene rings is 2. The van der Waals surface area contributed by atoms with Gasteiger partial charge in [0.1, 0.15) is 11.3 Å². The number of halogens is 3. The molecule has 0 amide bonds. The van der Waals surface area contributed by atoms with Crippen molar-refractivity contribution in [2.24, 2.45) is 0 Å². The Bertz CT molecular complexity index is 861. The molecule has 21 heavy (non-hydrogen) atoms. The van der Waals surface area contributed by atoms with Gasteiger partial charge < -0.3 is 10.1 Å². The first kappa shape index (κ1) is 13.3. The predicted octanol–water partition coefficient (Wildman–Crippen LogP) is 3.04. The van der Waals surface area contributed by atoms with Crippen LogP contribution < -0.4 is 5.69 Å². The van der Waals surface area contributed by atoms with Gasteiger partial charge in [0.2, 0.25) is 0 Å². The number of hydrogen-bond donors (Lipinski definition) is 2. The molecule has 4 nitrogen and oxygen atoms in total. The van der Waals surface area contributed by atoms with E-state index in [2.05, 4.69) is 4.98 Å². The number of aromatic amines is 1. The predicted molar refractivity (Wildman–Crippen MR) is 70.6 cm³/mol. The largest absolute Gasteiger partial charge is 0.506 e. The van der Waals surface area contributed by atoms with Crippen molar-refractivity contribution in [3.05, 3.63) is 58.5 Å². The van der Waals surface area contributed by atoms with Gasteiger partial charge in [0, 0.05) is 0 Å². The fraction of sp³-hybridized carbons (Fsp3) is 0.0714. The number of hydrogen-bond acceptors (Lipinski definition) is 2. The number of H-pyrrole nitrogens is 1. The van der Waals surface area contributed by atoms with Crippen LogP contribution in [-0.4, -0.2) is 14.7 Å². The highest BCUT2D eigenvalue weighted by Crippen LogP contribution is 2.30. The number of aromatic nitrogens is 2. The maximum atomic E-state index is 12.5. The Labute approximate surface area is 116 Å². The highest BCUT2D eigenvalue weighted by Gasteiger charge is 2.30. The molecule has 0 atom stereocenters. The number of rotatable bonds is 1. The van der Waals surface area contributed by atoms with Crippen molar-refractivity contribution in [2.45, 2.75) is 6.18 Å². The summed E-state index contributed by atoms with van der Waals surface area (Å²) in [6.07, 6.45) is -4.44. The SMILES string of the molecule is O=c1[nH]c2cccc(O)c2n1-c1ccc(C(F)(F)F)cc1. The Hall–Kier alpha value is -2.70. The number of imidazole rings is 1. The number of phenols is 1. The van der Waals surface area contributed by atoms with Crippen LogP contribution in [0.15, 0.2) is 47.3 Å². The molecule has 1 heterocycles. The number of phenolic OH excluding ortho intramolecular Hbond substituents is 1. The second-order valence-corrected chi connectivity index (χ2v) is 4.48. The van der Waals surface area contributed by atoms with Crippen molar-refractivity contribution in [3.8, 4) is 11.4 Å². The molecule has 0 unspecified atom stereocenters. The highest BCUT2D eigenvalue weighted by atomic mass is 19.4. The molecule has 0 fully saturated rings. The normalized spacial score (nSPS) is 12.0. The first-order valence-electron chi connectivity index (χ1n) is 5.98. The Morgan fingerprint density at radius 3 is 2.33 bits per heavy atom. The number of para-hydroxylation sites is 1. The minimum absolute atomic E-state index is 0.134. The summed E-state index contributed by atoms with van der Waals surface area (Å²) in [6, 6.07) is 8.70. The van der Waals surface area contributed by atoms with Gasteiger partial charge in [0.15, 0.2) is 0 Å². The fourth-order valence-electron chi connectivity index (χ4n) is 2.19. The smallest absolute Gasteiger partial charge is 0.416 e. The van der Waals surface area contributed by atoms with Crippen LogP contribution in [0.3, 0.4) is 0 Å². The van der Waals surface area contributed by atoms with Crippen molar-refractivity contribution in [2.75, 3.05) is 0 Å². The number of fused-ring (bicyclic) bond motifs is 1. The van der Waals surface area contributed by atoms with Crippen LogP contribution in [0.1, 0.15) is 5.56 Å². The third kappa shape index (κ3) is 2.16. The van der Waals surface area contributed by atoms with E-state index < -0.39 is 17.4 Å². The fourth-order valence-corrected chi connectivity index (χ4v) is 2.19. The van der Waals surface area contributed by atoms with E-state index in [4.69, 9.17) is 0 Å². The topological polar surface area (TPSA) is 58.0 Å². The number of nitrogens with one attached hydrogen (secondary N) is 1. The van der Waals surface area contributed by atoms with Gasteiger partial charge in [0.05, 0.1) is 16.8 Å². The van der Waals surface area contributed by atoms with E-state index in [9.17, 15) is 23.1 Å². The summed E-state index contributed by atoms with van der Waals surface area (Å²) in [6.45, 7) is 0. The summed E-state index contributed by atoms with van der Waals surface area (Å²) in [5, 5.41) is 9.85. The summed E-state index contributed by atoms with van der Waals surface area (Å²) in [5.74, 6) is -0.134. The average molecular weight is 294 g/mol. The van der Waals surface area contributed by atoms with E-state index in [1.165, 1.54) is 18.2 Å². The number of nitrogens with zero attached hydrogens (tertiary/aromatic N) is 1. The summed E-state index contributed by atoms with van der Waals surface area (Å²) >= 11 is 0. The third-order valence-corrected chi connectivity index (χ3v) is 3.14. The molecule has 7 heteroatoms. The summed E-state index contributed by atoms with van der Waals surface area (Å²) in [5.41, 5.74) is -0.475. The first-order valence-corrected chi connectivity index (χ1v) is 5.98. The quantitative estimate of drug-likeness (QED) is 0.724. The molecule has 108 valence electrons. The van der Waals surface area contributed by atoms with Crippen LogP contribution in [-0.2, 0) is 6.18 Å². The molecule has 0 bridgehead atoms. The Balaban J connectivity index is 2.21. The highest BCUT2D eigenvalue weighted by molar-refractivity contribution is 5.83. The minimum atomic E-state index is -4.44. The lowest BCUT2D eigenvalue weighted by Gasteiger charge is -2.08. The van der Waals surface area contributed by atoms with E-state index >= 15 is 0 Å². The molecule has 0 spiro atoms. The third-order valence-electron chi connectivity index (χ3n) is 3.14. The monoisotopic (exact) mass is 294 g/mol. The summed E-state index contributed by atoms with van der Waals surface area (Å²) < 4.78 is 38.8. The van der Waals surface area contributed by atoms with Crippen molar-refractivity contribution < 1.29 is 18.3 Å². The Kier molecular flexibility index (Phi) is 2.79. The lowest BCUT2D eigenvalue weighted by molar-refractivity contribution is -0.137. The van der Waals surface area contributed by atoms with Gasteiger partial charge in [-0.05, 0) is 36.4 Å². The van der Waals surface area contributed by atoms with Gasteiger partial charge in [0.25, 0.3) is 0 Å². The molecule has 2 N–H and O–H groups in total. The van der Waals surface area contributed by atoms with Crippen molar-refractivity contribution in [1.29, 1.82) is 0 Å². The minimum Gasteiger partial charge on any atom is -0.506 e. The van der Waals surface area contributed by atoms with Crippen LogP contribution in [0, 0.1) is 0 Å². The molecule has 1 aromatic heterocycles. The second-order valence-electron chi connectivity index (χ2n) is 4.48. The molecular weight excluding hydrogens is 285 g/mol. The summed E-state index contributed by atoms with van der Waals surface area (Å²) in [4.78, 5) is 14.5. The first-order chi connectivity index (χ1) is 9.88. The van der Waals surface area contributed by atoms with E-state index in [0.717, 1.165) is 16.7 Å². The van der Waals surface area contributed by atoms with E-state index in [1.807, 2.05) is 0 Å². The maximum Gasteiger partial charge on any atom is 0.416 e. The molecule has 2 aromatic carbocycles. The number of alkyl halides is 3. The summed E-state index contributed by atoms with van der Waals surface area (Å²) in [7, 11) is 0. The average Bonchev–Trinajstić information content (AvgIpc) is 2.75. The van der Waals surface area contributed by atoms with Gasteiger partial charge in [-0.25, -0.2) is 4.79 Å². The second kappa shape index (κ2) is 4.41. The van der Waals surface area contributed by atoms with E-state index in [0.29, 0.717) is 5.52 Å². The van der Waals surface area contributed by atoms with Gasteiger partial charge in [-0.15, -0.1) is 0 Å². The molecular formula is C14H9F3N2O2. The maximum absolute atomic E-state index is 12.5. The van der Waals surface area contributed by atoms with Crippen LogP contribution >= 0.6 is 0 Å². The molecule has 0 saturated carbocycles. The van der Waals surface area contributed by atoms with Crippen LogP contribution in [0.4, 0.5) is 13.2 Å². The Morgan fingerprint density at radius 2 is 1.71 bits per heavy atom. The number of aromatic hydroxyl groups is 1. The van der Waals surface area contributed by atoms with Crippen molar-refractivity contribution in [1.82, 2.24) is 9.55 Å². The van der Waals surface area contributed by atoms with Crippen molar-refractivity contribution in [3.63, 3.8) is 0 Å². The standard InChI is InChI=1S/C14H9F3N2O2/c15-14(16,17)8-4-6-9(7-5-8)19-12-10(18-13(19)21)2-1-3-11(12)20/h1-7,20H,(H,18,21). The zero-order valence-corrected chi connectivity index (χ0v) is 10.5. The molecule has 0 aliphatic heterocycles. The van der Waals surface area contributed by atoms with E-state index in [1.54, 1.807) is 12.1 Å². The molecule has 0 saturated heterocycles. The van der Waals surface area contributed by atoms with Gasteiger partial charge in [-0.3, -0.25) is 4.57 Å². The van der Waals surface area contributed by atoms with E-state index in [-0.39, 0.29) is 17.0 Å². The zero-order valence-electron chi connectivity index (χ0n) is 10.5. The zero-order chi connectivity index (χ0) is 15.2. The molecule has 3 aromatic rings. The molecule has 0 aliphatic rings. The van der Waals surface area contributed by atoms with Crippen LogP contribution in [0.5, 0.6) is 5.75 Å². The molecule has 0 radical (unpaired) electrons. The van der Waals surface area contributed by atoms with Gasteiger partial charge in [-0.1, -0.05) is 6.07 Å². The Morgan fingerprint density at radius 1 is 1.05 bits per heavy atom. The van der Waals surface area contributed by atoms with Crippen LogP contribution in [0.2, 0.25) is 0 Å². The van der Waals surface area contributed by atoms with Gasteiger partial charge in [-0.2, -0.15) is 13.2 Å². The molecule has 3 rings (SSSR count). The lowest BCUT2D eigenvalue weighted by atomic mass is 10.2. The lowest BCUT2D eigenvalue weighted by Crippen LogP contribution is -2.15. The van der Waals surface area contributed by atoms with Crippen LogP contribution in [0.25, 0.3) is 16.7 Å².